The molecule has 3 aromatic carbocycles. The third-order valence-corrected chi connectivity index (χ3v) is 3.59. The third-order valence-electron chi connectivity index (χ3n) is 3.59. The summed E-state index contributed by atoms with van der Waals surface area (Å²) in [5, 5.41) is 15.7. The molecular weight excluding hydrogens is 359 g/mol. The molecule has 27 heavy (non-hydrogen) atoms. The highest BCUT2D eigenvalue weighted by Gasteiger charge is 2.17. The van der Waals surface area contributed by atoms with Crippen LogP contribution < -0.4 is 4.91 Å². The number of phenolic OH excluding ortho intramolecular Hbond substituents is 1. The Morgan fingerprint density at radius 3 is 2.37 bits per heavy atom. The van der Waals surface area contributed by atoms with Crippen molar-refractivity contribution >= 4 is 11.6 Å². The van der Waals surface area contributed by atoms with Gasteiger partial charge in [-0.3, -0.25) is 4.79 Å². The summed E-state index contributed by atoms with van der Waals surface area (Å²) in [6, 6.07) is 13.7. The van der Waals surface area contributed by atoms with Gasteiger partial charge >= 0.3 is 5.91 Å². The Kier molecular flexibility index (Phi) is 5.10. The second-order valence-corrected chi connectivity index (χ2v) is 5.41. The zero-order valence-electron chi connectivity index (χ0n) is 13.6. The lowest BCUT2D eigenvalue weighted by Crippen LogP contribution is -1.95. The van der Waals surface area contributed by atoms with Crippen LogP contribution in [0.1, 0.15) is 10.4 Å². The molecule has 0 atom stereocenters. The summed E-state index contributed by atoms with van der Waals surface area (Å²) in [5.74, 6) is -4.41. The van der Waals surface area contributed by atoms with Gasteiger partial charge in [0.2, 0.25) is 21.5 Å². The van der Waals surface area contributed by atoms with Gasteiger partial charge in [-0.05, 0) is 47.5 Å². The summed E-state index contributed by atoms with van der Waals surface area (Å²) in [6.07, 6.45) is 0. The molecular formula is C19H11F3N3O2+. The summed E-state index contributed by atoms with van der Waals surface area (Å²) in [7, 11) is 0. The van der Waals surface area contributed by atoms with Gasteiger partial charge in [-0.2, -0.15) is 0 Å². The largest absolute Gasteiger partial charge is 0.505 e. The van der Waals surface area contributed by atoms with E-state index in [2.05, 4.69) is 15.1 Å². The van der Waals surface area contributed by atoms with E-state index in [-0.39, 0.29) is 5.56 Å². The number of aromatic hydroxyl groups is 1. The highest BCUT2D eigenvalue weighted by Crippen LogP contribution is 2.28. The average molecular weight is 370 g/mol. The van der Waals surface area contributed by atoms with Gasteiger partial charge in [0.05, 0.1) is 0 Å². The Bertz CT molecular complexity index is 1090. The SMILES string of the molecule is O=C(N=[N+]=Nc1c(F)ccc(O)c1F)c1cccc(-c2cccc(F)c2)c1. The molecule has 0 fully saturated rings. The van der Waals surface area contributed by atoms with Gasteiger partial charge in [0.1, 0.15) is 5.82 Å². The molecule has 1 N–H and O–H groups in total. The normalized spacial score (nSPS) is 10.2. The number of nitrogens with zero attached hydrogens (tertiary/aromatic N) is 3. The molecule has 3 rings (SSSR count). The highest BCUT2D eigenvalue weighted by molar-refractivity contribution is 5.95. The lowest BCUT2D eigenvalue weighted by molar-refractivity contribution is 0.0992. The minimum atomic E-state index is -1.31. The number of halogens is 3. The summed E-state index contributed by atoms with van der Waals surface area (Å²) in [5.41, 5.74) is 0.417. The minimum absolute atomic E-state index is 0.132. The monoisotopic (exact) mass is 370 g/mol. The van der Waals surface area contributed by atoms with Gasteiger partial charge in [0.15, 0.2) is 16.7 Å². The second kappa shape index (κ2) is 7.63. The molecule has 0 bridgehead atoms. The Morgan fingerprint density at radius 2 is 1.63 bits per heavy atom. The molecule has 0 saturated carbocycles. The lowest BCUT2D eigenvalue weighted by atomic mass is 10.0. The van der Waals surface area contributed by atoms with Crippen molar-refractivity contribution in [3.8, 4) is 16.9 Å². The second-order valence-electron chi connectivity index (χ2n) is 5.41. The molecule has 8 heteroatoms. The Labute approximate surface area is 151 Å². The van der Waals surface area contributed by atoms with Crippen molar-refractivity contribution in [1.82, 2.24) is 4.91 Å². The van der Waals surface area contributed by atoms with Gasteiger partial charge in [-0.1, -0.05) is 24.3 Å². The predicted molar refractivity (Wildman–Crippen MR) is 90.8 cm³/mol. The van der Waals surface area contributed by atoms with Crippen molar-refractivity contribution in [2.24, 2.45) is 10.2 Å². The predicted octanol–water partition coefficient (Wildman–Crippen LogP) is 4.92. The zero-order chi connectivity index (χ0) is 19.4. The first-order valence-electron chi connectivity index (χ1n) is 7.65. The van der Waals surface area contributed by atoms with Crippen molar-refractivity contribution < 1.29 is 23.1 Å². The summed E-state index contributed by atoms with van der Waals surface area (Å²) < 4.78 is 40.4. The van der Waals surface area contributed by atoms with E-state index in [4.69, 9.17) is 0 Å². The Morgan fingerprint density at radius 1 is 0.926 bits per heavy atom. The molecule has 0 aliphatic rings. The van der Waals surface area contributed by atoms with E-state index < -0.39 is 34.8 Å². The van der Waals surface area contributed by atoms with Crippen LogP contribution in [0.15, 0.2) is 70.9 Å². The first-order valence-corrected chi connectivity index (χ1v) is 7.65. The van der Waals surface area contributed by atoms with E-state index in [1.807, 2.05) is 0 Å². The smallest absolute Gasteiger partial charge is 0.360 e. The first kappa shape index (κ1) is 18.0. The van der Waals surface area contributed by atoms with Crippen LogP contribution in [0.2, 0.25) is 0 Å². The summed E-state index contributed by atoms with van der Waals surface area (Å²) in [4.78, 5) is 15.2. The maximum atomic E-state index is 13.6. The molecule has 5 nitrogen and oxygen atoms in total. The van der Waals surface area contributed by atoms with Crippen molar-refractivity contribution in [3.05, 3.63) is 83.7 Å². The van der Waals surface area contributed by atoms with E-state index in [0.29, 0.717) is 11.1 Å². The fourth-order valence-electron chi connectivity index (χ4n) is 2.29. The molecule has 0 heterocycles. The van der Waals surface area contributed by atoms with Gasteiger partial charge in [-0.15, -0.1) is 0 Å². The van der Waals surface area contributed by atoms with Crippen LogP contribution in [0.5, 0.6) is 5.75 Å². The van der Waals surface area contributed by atoms with E-state index >= 15 is 0 Å². The van der Waals surface area contributed by atoms with E-state index in [0.717, 1.165) is 12.1 Å². The van der Waals surface area contributed by atoms with Crippen molar-refractivity contribution in [2.45, 2.75) is 0 Å². The molecule has 0 unspecified atom stereocenters. The van der Waals surface area contributed by atoms with Gasteiger partial charge in [0.25, 0.3) is 0 Å². The van der Waals surface area contributed by atoms with Crippen LogP contribution in [0.3, 0.4) is 0 Å². The quantitative estimate of drug-likeness (QED) is 0.525. The van der Waals surface area contributed by atoms with Crippen LogP contribution in [0, 0.1) is 17.5 Å². The van der Waals surface area contributed by atoms with Crippen LogP contribution >= 0.6 is 0 Å². The molecule has 3 aromatic rings. The number of hydrogen-bond acceptors (Lipinski definition) is 3. The zero-order valence-corrected chi connectivity index (χ0v) is 13.6. The third kappa shape index (κ3) is 4.08. The topological polar surface area (TPSA) is 76.1 Å². The van der Waals surface area contributed by atoms with Crippen LogP contribution in [-0.4, -0.2) is 11.0 Å². The minimum Gasteiger partial charge on any atom is -0.505 e. The van der Waals surface area contributed by atoms with Gasteiger partial charge in [0, 0.05) is 5.56 Å². The standard InChI is InChI=1S/C19H10F3N3O2/c20-14-6-2-4-12(10-14)11-3-1-5-13(9-11)19(27)24-25-23-18-15(21)7-8-16(26)17(18)22/h1-10H/p+1. The highest BCUT2D eigenvalue weighted by atomic mass is 19.1. The first-order chi connectivity index (χ1) is 13.0. The molecule has 134 valence electrons. The van der Waals surface area contributed by atoms with Crippen LogP contribution in [-0.2, 0) is 0 Å². The van der Waals surface area contributed by atoms with Crippen molar-refractivity contribution in [1.29, 1.82) is 0 Å². The maximum absolute atomic E-state index is 13.6. The summed E-state index contributed by atoms with van der Waals surface area (Å²) in [6.45, 7) is 0. The molecule has 0 radical (unpaired) electrons. The molecule has 0 aliphatic heterocycles. The molecule has 0 spiro atoms. The molecule has 0 aromatic heterocycles. The number of amides is 1. The molecule has 0 aliphatic carbocycles. The van der Waals surface area contributed by atoms with E-state index in [1.54, 1.807) is 18.2 Å². The molecule has 0 saturated heterocycles. The van der Waals surface area contributed by atoms with Crippen molar-refractivity contribution in [2.75, 3.05) is 0 Å². The van der Waals surface area contributed by atoms with Crippen LogP contribution in [0.4, 0.5) is 18.9 Å². The number of hydrogen-bond donors (Lipinski definition) is 1. The van der Waals surface area contributed by atoms with Gasteiger partial charge < -0.3 is 5.11 Å². The summed E-state index contributed by atoms with van der Waals surface area (Å²) >= 11 is 0. The molecule has 1 amide bonds. The fourth-order valence-corrected chi connectivity index (χ4v) is 2.29. The number of phenols is 1. The van der Waals surface area contributed by atoms with E-state index in [9.17, 15) is 23.1 Å². The fraction of sp³-hybridized carbons (Fsp3) is 0. The average Bonchev–Trinajstić information content (AvgIpc) is 2.67. The van der Waals surface area contributed by atoms with Crippen LogP contribution in [0.25, 0.3) is 11.1 Å². The number of benzene rings is 3. The van der Waals surface area contributed by atoms with E-state index in [1.165, 1.54) is 30.3 Å². The van der Waals surface area contributed by atoms with Crippen molar-refractivity contribution in [3.63, 3.8) is 0 Å². The lowest BCUT2D eigenvalue weighted by Gasteiger charge is -2.02. The number of carbonyl (C=O) groups is 1. The van der Waals surface area contributed by atoms with Gasteiger partial charge in [-0.25, -0.2) is 13.2 Å². The Hall–Kier alpha value is -3.77. The number of rotatable bonds is 3. The Balaban J connectivity index is 1.88. The number of carbonyl (C=O) groups excluding carboxylic acids is 1. The maximum Gasteiger partial charge on any atom is 0.360 e.